The summed E-state index contributed by atoms with van der Waals surface area (Å²) < 4.78 is 5.46. The van der Waals surface area contributed by atoms with Crippen molar-refractivity contribution in [1.82, 2.24) is 5.32 Å². The fourth-order valence-electron chi connectivity index (χ4n) is 1.58. The lowest BCUT2D eigenvalue weighted by molar-refractivity contribution is -0.128. The molecule has 13 heavy (non-hydrogen) atoms. The van der Waals surface area contributed by atoms with E-state index in [1.807, 2.05) is 20.8 Å². The summed E-state index contributed by atoms with van der Waals surface area (Å²) in [6.07, 6.45) is 2.25. The maximum absolute atomic E-state index is 11.5. The fraction of sp³-hybridized carbons (Fsp3) is 0.900. The van der Waals surface area contributed by atoms with Gasteiger partial charge in [0.15, 0.2) is 0 Å². The van der Waals surface area contributed by atoms with E-state index in [9.17, 15) is 4.79 Å². The van der Waals surface area contributed by atoms with E-state index in [0.717, 1.165) is 19.4 Å². The molecular formula is C10H19NO2. The molecule has 0 aromatic rings. The average Bonchev–Trinajstić information content (AvgIpc) is 2.53. The molecule has 2 atom stereocenters. The minimum atomic E-state index is -0.00935. The van der Waals surface area contributed by atoms with E-state index >= 15 is 0 Å². The Morgan fingerprint density at radius 2 is 2.15 bits per heavy atom. The van der Waals surface area contributed by atoms with Crippen molar-refractivity contribution in [2.75, 3.05) is 6.61 Å². The van der Waals surface area contributed by atoms with Crippen molar-refractivity contribution < 1.29 is 9.53 Å². The van der Waals surface area contributed by atoms with E-state index in [2.05, 4.69) is 5.32 Å². The van der Waals surface area contributed by atoms with Gasteiger partial charge < -0.3 is 10.1 Å². The van der Waals surface area contributed by atoms with Gasteiger partial charge >= 0.3 is 0 Å². The maximum atomic E-state index is 11.5. The molecule has 0 aromatic carbocycles. The molecule has 3 nitrogen and oxygen atoms in total. The Balaban J connectivity index is 2.36. The molecule has 1 aliphatic heterocycles. The van der Waals surface area contributed by atoms with Crippen molar-refractivity contribution in [3.05, 3.63) is 0 Å². The Hall–Kier alpha value is -0.570. The van der Waals surface area contributed by atoms with Gasteiger partial charge in [0.05, 0.1) is 12.0 Å². The summed E-state index contributed by atoms with van der Waals surface area (Å²) in [4.78, 5) is 11.5. The smallest absolute Gasteiger partial charge is 0.225 e. The molecule has 1 fully saturated rings. The van der Waals surface area contributed by atoms with Crippen molar-refractivity contribution in [1.29, 1.82) is 0 Å². The van der Waals surface area contributed by atoms with Gasteiger partial charge in [0, 0.05) is 12.6 Å². The van der Waals surface area contributed by atoms with Crippen LogP contribution >= 0.6 is 0 Å². The number of hydrogen-bond acceptors (Lipinski definition) is 2. The molecule has 1 N–H and O–H groups in total. The number of hydrogen-bond donors (Lipinski definition) is 1. The lowest BCUT2D eigenvalue weighted by atomic mass is 10.0. The summed E-state index contributed by atoms with van der Waals surface area (Å²) in [5, 5.41) is 2.90. The van der Waals surface area contributed by atoms with Gasteiger partial charge in [-0.25, -0.2) is 0 Å². The van der Waals surface area contributed by atoms with Gasteiger partial charge in [-0.2, -0.15) is 0 Å². The fourth-order valence-corrected chi connectivity index (χ4v) is 1.58. The van der Waals surface area contributed by atoms with E-state index in [-0.39, 0.29) is 24.0 Å². The highest BCUT2D eigenvalue weighted by Gasteiger charge is 2.27. The van der Waals surface area contributed by atoms with Crippen LogP contribution in [0.3, 0.4) is 0 Å². The molecule has 0 bridgehead atoms. The summed E-state index contributed by atoms with van der Waals surface area (Å²) in [6, 6.07) is 0.219. The number of carbonyl (C=O) groups excluding carboxylic acids is 1. The minimum absolute atomic E-state index is 0.00935. The van der Waals surface area contributed by atoms with Gasteiger partial charge in [-0.05, 0) is 26.7 Å². The van der Waals surface area contributed by atoms with Crippen molar-refractivity contribution in [2.24, 2.45) is 5.92 Å². The van der Waals surface area contributed by atoms with Gasteiger partial charge in [-0.1, -0.05) is 6.92 Å². The zero-order valence-electron chi connectivity index (χ0n) is 8.67. The number of nitrogens with one attached hydrogen (secondary N) is 1. The van der Waals surface area contributed by atoms with Crippen LogP contribution in [0.15, 0.2) is 0 Å². The SMILES string of the molecule is CC(C)NC(=O)C(C)C1CCCO1. The van der Waals surface area contributed by atoms with Crippen molar-refractivity contribution in [3.63, 3.8) is 0 Å². The van der Waals surface area contributed by atoms with E-state index in [1.54, 1.807) is 0 Å². The lowest BCUT2D eigenvalue weighted by Gasteiger charge is -2.19. The summed E-state index contributed by atoms with van der Waals surface area (Å²) in [5.41, 5.74) is 0. The van der Waals surface area contributed by atoms with Crippen LogP contribution in [0.1, 0.15) is 33.6 Å². The molecule has 1 rings (SSSR count). The first-order valence-electron chi connectivity index (χ1n) is 5.03. The van der Waals surface area contributed by atoms with Gasteiger partial charge in [0.25, 0.3) is 0 Å². The molecule has 2 unspecified atom stereocenters. The van der Waals surface area contributed by atoms with Crippen LogP contribution in [0.5, 0.6) is 0 Å². The molecule has 76 valence electrons. The van der Waals surface area contributed by atoms with Crippen molar-refractivity contribution in [3.8, 4) is 0 Å². The highest BCUT2D eigenvalue weighted by molar-refractivity contribution is 5.79. The molecule has 1 saturated heterocycles. The first-order valence-corrected chi connectivity index (χ1v) is 5.03. The van der Waals surface area contributed by atoms with E-state index in [1.165, 1.54) is 0 Å². The molecule has 0 aromatic heterocycles. The summed E-state index contributed by atoms with van der Waals surface area (Å²) >= 11 is 0. The molecule has 0 aliphatic carbocycles. The lowest BCUT2D eigenvalue weighted by Crippen LogP contribution is -2.39. The molecule has 1 aliphatic rings. The zero-order valence-corrected chi connectivity index (χ0v) is 8.67. The molecule has 3 heteroatoms. The molecule has 1 heterocycles. The number of carbonyl (C=O) groups is 1. The first kappa shape index (κ1) is 10.5. The number of rotatable bonds is 3. The Morgan fingerprint density at radius 3 is 2.62 bits per heavy atom. The Labute approximate surface area is 79.8 Å². The maximum Gasteiger partial charge on any atom is 0.225 e. The Kier molecular flexibility index (Phi) is 3.72. The van der Waals surface area contributed by atoms with E-state index in [4.69, 9.17) is 4.74 Å². The van der Waals surface area contributed by atoms with Crippen LogP contribution in [0.4, 0.5) is 0 Å². The third-order valence-corrected chi connectivity index (χ3v) is 2.37. The molecule has 0 spiro atoms. The van der Waals surface area contributed by atoms with Gasteiger partial charge in [0.2, 0.25) is 5.91 Å². The van der Waals surface area contributed by atoms with E-state index < -0.39 is 0 Å². The first-order chi connectivity index (χ1) is 6.11. The second-order valence-electron chi connectivity index (χ2n) is 4.00. The average molecular weight is 185 g/mol. The largest absolute Gasteiger partial charge is 0.377 e. The summed E-state index contributed by atoms with van der Waals surface area (Å²) in [7, 11) is 0. The molecule has 1 amide bonds. The number of amides is 1. The Bertz CT molecular complexity index is 174. The zero-order chi connectivity index (χ0) is 9.84. The predicted molar refractivity (Wildman–Crippen MR) is 51.4 cm³/mol. The van der Waals surface area contributed by atoms with Crippen LogP contribution in [-0.2, 0) is 9.53 Å². The second-order valence-corrected chi connectivity index (χ2v) is 4.00. The van der Waals surface area contributed by atoms with Crippen LogP contribution in [0.2, 0.25) is 0 Å². The topological polar surface area (TPSA) is 38.3 Å². The van der Waals surface area contributed by atoms with Gasteiger partial charge in [0.1, 0.15) is 0 Å². The minimum Gasteiger partial charge on any atom is -0.377 e. The molecule has 0 saturated carbocycles. The Morgan fingerprint density at radius 1 is 1.46 bits per heavy atom. The summed E-state index contributed by atoms with van der Waals surface area (Å²) in [6.45, 7) is 6.69. The van der Waals surface area contributed by atoms with Crippen LogP contribution in [-0.4, -0.2) is 24.7 Å². The predicted octanol–water partition coefficient (Wildman–Crippen LogP) is 1.33. The second kappa shape index (κ2) is 4.61. The molecular weight excluding hydrogens is 166 g/mol. The van der Waals surface area contributed by atoms with Crippen LogP contribution < -0.4 is 5.32 Å². The third-order valence-electron chi connectivity index (χ3n) is 2.37. The van der Waals surface area contributed by atoms with Crippen molar-refractivity contribution in [2.45, 2.75) is 45.8 Å². The van der Waals surface area contributed by atoms with Crippen LogP contribution in [0.25, 0.3) is 0 Å². The third kappa shape index (κ3) is 2.99. The molecule has 0 radical (unpaired) electrons. The van der Waals surface area contributed by atoms with Gasteiger partial charge in [-0.3, -0.25) is 4.79 Å². The highest BCUT2D eigenvalue weighted by Crippen LogP contribution is 2.20. The normalized spacial score (nSPS) is 24.8. The number of ether oxygens (including phenoxy) is 1. The van der Waals surface area contributed by atoms with Crippen molar-refractivity contribution >= 4 is 5.91 Å². The van der Waals surface area contributed by atoms with Crippen LogP contribution in [0, 0.1) is 5.92 Å². The van der Waals surface area contributed by atoms with E-state index in [0.29, 0.717) is 0 Å². The standard InChI is InChI=1S/C10H19NO2/c1-7(2)11-10(12)8(3)9-5-4-6-13-9/h7-9H,4-6H2,1-3H3,(H,11,12). The quantitative estimate of drug-likeness (QED) is 0.720. The highest BCUT2D eigenvalue weighted by atomic mass is 16.5. The summed E-state index contributed by atoms with van der Waals surface area (Å²) in [5.74, 6) is 0.104. The van der Waals surface area contributed by atoms with Gasteiger partial charge in [-0.15, -0.1) is 0 Å². The monoisotopic (exact) mass is 185 g/mol.